The van der Waals surface area contributed by atoms with Gasteiger partial charge >= 0.3 is 0 Å². The summed E-state index contributed by atoms with van der Waals surface area (Å²) in [6.45, 7) is 6.00. The molecule has 3 aliphatic rings. The molecule has 2 heterocycles. The van der Waals surface area contributed by atoms with Crippen LogP contribution in [0, 0.1) is 17.8 Å². The average Bonchev–Trinajstić information content (AvgIpc) is 3.13. The number of carbonyl (C=O) groups excluding carboxylic acids is 1. The predicted molar refractivity (Wildman–Crippen MR) is 86.4 cm³/mol. The first-order valence-electron chi connectivity index (χ1n) is 8.18. The SMILES string of the molecule is C=CCC1C=CC(=O)C2(O)OC(c3ccc4c(c3)OCO4)C(C)C12. The summed E-state index contributed by atoms with van der Waals surface area (Å²) >= 11 is 0. The van der Waals surface area contributed by atoms with Gasteiger partial charge < -0.3 is 19.3 Å². The van der Waals surface area contributed by atoms with Crippen LogP contribution in [0.2, 0.25) is 0 Å². The zero-order chi connectivity index (χ0) is 16.9. The zero-order valence-corrected chi connectivity index (χ0v) is 13.5. The van der Waals surface area contributed by atoms with Crippen molar-refractivity contribution >= 4 is 5.78 Å². The van der Waals surface area contributed by atoms with Gasteiger partial charge in [-0.25, -0.2) is 0 Å². The van der Waals surface area contributed by atoms with E-state index in [1.54, 1.807) is 0 Å². The van der Waals surface area contributed by atoms with Crippen LogP contribution in [-0.4, -0.2) is 23.5 Å². The van der Waals surface area contributed by atoms with Crippen molar-refractivity contribution in [3.05, 3.63) is 48.6 Å². The summed E-state index contributed by atoms with van der Waals surface area (Å²) in [5, 5.41) is 11.0. The van der Waals surface area contributed by atoms with Gasteiger partial charge in [0, 0.05) is 5.92 Å². The van der Waals surface area contributed by atoms with Gasteiger partial charge in [-0.2, -0.15) is 0 Å². The summed E-state index contributed by atoms with van der Waals surface area (Å²) in [5.41, 5.74) is 0.875. The maximum atomic E-state index is 12.3. The lowest BCUT2D eigenvalue weighted by Crippen LogP contribution is -2.49. The van der Waals surface area contributed by atoms with Gasteiger partial charge in [0.1, 0.15) is 0 Å². The fourth-order valence-electron chi connectivity index (χ4n) is 4.16. The molecule has 5 unspecified atom stereocenters. The average molecular weight is 328 g/mol. The van der Waals surface area contributed by atoms with Gasteiger partial charge in [-0.1, -0.05) is 25.1 Å². The highest BCUT2D eigenvalue weighted by Crippen LogP contribution is 2.53. The Morgan fingerprint density at radius 3 is 2.96 bits per heavy atom. The highest BCUT2D eigenvalue weighted by atomic mass is 16.7. The number of rotatable bonds is 3. The van der Waals surface area contributed by atoms with Crippen molar-refractivity contribution in [2.45, 2.75) is 25.2 Å². The molecule has 0 bridgehead atoms. The van der Waals surface area contributed by atoms with E-state index in [1.165, 1.54) is 6.08 Å². The molecule has 4 rings (SSSR count). The maximum Gasteiger partial charge on any atom is 0.235 e. The van der Waals surface area contributed by atoms with Crippen LogP contribution in [0.4, 0.5) is 0 Å². The van der Waals surface area contributed by atoms with Crippen LogP contribution in [-0.2, 0) is 9.53 Å². The molecular formula is C19H20O5. The lowest BCUT2D eigenvalue weighted by atomic mass is 9.71. The summed E-state index contributed by atoms with van der Waals surface area (Å²) in [4.78, 5) is 12.3. The van der Waals surface area contributed by atoms with Crippen molar-refractivity contribution in [2.24, 2.45) is 17.8 Å². The minimum atomic E-state index is -1.77. The van der Waals surface area contributed by atoms with E-state index in [0.29, 0.717) is 17.9 Å². The number of aliphatic hydroxyl groups is 1. The lowest BCUT2D eigenvalue weighted by molar-refractivity contribution is -0.212. The third kappa shape index (κ3) is 2.12. The molecule has 5 heteroatoms. The van der Waals surface area contributed by atoms with Crippen LogP contribution in [0.1, 0.15) is 25.0 Å². The quantitative estimate of drug-likeness (QED) is 0.864. The molecule has 0 radical (unpaired) electrons. The zero-order valence-electron chi connectivity index (χ0n) is 13.5. The van der Waals surface area contributed by atoms with Gasteiger partial charge in [-0.3, -0.25) is 4.79 Å². The molecule has 5 nitrogen and oxygen atoms in total. The first-order chi connectivity index (χ1) is 11.5. The number of allylic oxidation sites excluding steroid dienone is 2. The Morgan fingerprint density at radius 1 is 1.38 bits per heavy atom. The van der Waals surface area contributed by atoms with Crippen molar-refractivity contribution in [1.82, 2.24) is 0 Å². The van der Waals surface area contributed by atoms with E-state index in [4.69, 9.17) is 14.2 Å². The highest BCUT2D eigenvalue weighted by molar-refractivity contribution is 5.97. The summed E-state index contributed by atoms with van der Waals surface area (Å²) in [5.74, 6) is -1.11. The third-order valence-electron chi connectivity index (χ3n) is 5.28. The van der Waals surface area contributed by atoms with Crippen molar-refractivity contribution in [3.63, 3.8) is 0 Å². The summed E-state index contributed by atoms with van der Waals surface area (Å²) in [6, 6.07) is 5.60. The number of carbonyl (C=O) groups is 1. The molecule has 5 atom stereocenters. The first kappa shape index (κ1) is 15.4. The minimum Gasteiger partial charge on any atom is -0.454 e. The fraction of sp³-hybridized carbons (Fsp3) is 0.421. The molecule has 0 saturated carbocycles. The van der Waals surface area contributed by atoms with E-state index in [9.17, 15) is 9.90 Å². The topological polar surface area (TPSA) is 65.0 Å². The fourth-order valence-corrected chi connectivity index (χ4v) is 4.16. The van der Waals surface area contributed by atoms with E-state index in [-0.39, 0.29) is 36.4 Å². The molecule has 1 N–H and O–H groups in total. The Labute approximate surface area is 140 Å². The Bertz CT molecular complexity index is 724. The van der Waals surface area contributed by atoms with E-state index in [0.717, 1.165) is 5.56 Å². The number of ketones is 1. The standard InChI is InChI=1S/C19H20O5/c1-3-4-12-6-8-16(20)19(21)17(12)11(2)18(24-19)13-5-7-14-15(9-13)23-10-22-14/h3,5-9,11-12,17-18,21H,1,4,10H2,2H3. The molecule has 0 aromatic heterocycles. The van der Waals surface area contributed by atoms with Crippen LogP contribution in [0.25, 0.3) is 0 Å². The van der Waals surface area contributed by atoms with Crippen LogP contribution >= 0.6 is 0 Å². The van der Waals surface area contributed by atoms with E-state index in [2.05, 4.69) is 6.58 Å². The number of fused-ring (bicyclic) bond motifs is 2. The second-order valence-corrected chi connectivity index (χ2v) is 6.64. The van der Waals surface area contributed by atoms with Crippen LogP contribution < -0.4 is 9.47 Å². The van der Waals surface area contributed by atoms with Crippen molar-refractivity contribution < 1.29 is 24.1 Å². The Morgan fingerprint density at radius 2 is 2.17 bits per heavy atom. The second kappa shape index (κ2) is 5.46. The number of hydrogen-bond acceptors (Lipinski definition) is 5. The molecule has 1 aromatic carbocycles. The van der Waals surface area contributed by atoms with E-state index >= 15 is 0 Å². The monoisotopic (exact) mass is 328 g/mol. The molecule has 1 aliphatic carbocycles. The Hall–Kier alpha value is -2.11. The van der Waals surface area contributed by atoms with Gasteiger partial charge in [-0.15, -0.1) is 6.58 Å². The molecular weight excluding hydrogens is 308 g/mol. The van der Waals surface area contributed by atoms with Crippen molar-refractivity contribution in [1.29, 1.82) is 0 Å². The molecule has 1 aromatic rings. The maximum absolute atomic E-state index is 12.3. The lowest BCUT2D eigenvalue weighted by Gasteiger charge is -2.35. The van der Waals surface area contributed by atoms with Gasteiger partial charge in [0.15, 0.2) is 11.5 Å². The molecule has 126 valence electrons. The second-order valence-electron chi connectivity index (χ2n) is 6.64. The Balaban J connectivity index is 1.70. The summed E-state index contributed by atoms with van der Waals surface area (Å²) < 4.78 is 16.7. The number of ether oxygens (including phenoxy) is 3. The van der Waals surface area contributed by atoms with Crippen molar-refractivity contribution in [2.75, 3.05) is 6.79 Å². The van der Waals surface area contributed by atoms with Crippen molar-refractivity contribution in [3.8, 4) is 11.5 Å². The molecule has 1 saturated heterocycles. The minimum absolute atomic E-state index is 0.0270. The number of benzene rings is 1. The van der Waals surface area contributed by atoms with E-state index in [1.807, 2.05) is 37.3 Å². The molecule has 1 fully saturated rings. The predicted octanol–water partition coefficient (Wildman–Crippen LogP) is 2.76. The highest BCUT2D eigenvalue weighted by Gasteiger charge is 2.59. The Kier molecular flexibility index (Phi) is 3.51. The van der Waals surface area contributed by atoms with Crippen LogP contribution in [0.5, 0.6) is 11.5 Å². The van der Waals surface area contributed by atoms with Gasteiger partial charge in [-0.05, 0) is 42.0 Å². The summed E-state index contributed by atoms with van der Waals surface area (Å²) in [7, 11) is 0. The summed E-state index contributed by atoms with van der Waals surface area (Å²) in [6.07, 6.45) is 5.42. The van der Waals surface area contributed by atoms with Crippen LogP contribution in [0.3, 0.4) is 0 Å². The largest absolute Gasteiger partial charge is 0.454 e. The van der Waals surface area contributed by atoms with Gasteiger partial charge in [0.05, 0.1) is 6.10 Å². The van der Waals surface area contributed by atoms with E-state index < -0.39 is 5.79 Å². The smallest absolute Gasteiger partial charge is 0.235 e. The molecule has 0 spiro atoms. The first-order valence-corrected chi connectivity index (χ1v) is 8.18. The van der Waals surface area contributed by atoms with Crippen LogP contribution in [0.15, 0.2) is 43.0 Å². The van der Waals surface area contributed by atoms with Gasteiger partial charge in [0.2, 0.25) is 18.4 Å². The van der Waals surface area contributed by atoms with Gasteiger partial charge in [0.25, 0.3) is 0 Å². The normalized spacial score (nSPS) is 36.7. The molecule has 2 aliphatic heterocycles. The molecule has 0 amide bonds. The third-order valence-corrected chi connectivity index (χ3v) is 5.28. The molecule has 24 heavy (non-hydrogen) atoms. The number of hydrogen-bond donors (Lipinski definition) is 1.